The highest BCUT2D eigenvalue weighted by atomic mass is 16.5. The molecule has 0 bridgehead atoms. The molecular formula is C23H24N6O. The van der Waals surface area contributed by atoms with Crippen molar-refractivity contribution in [2.75, 3.05) is 6.54 Å². The van der Waals surface area contributed by atoms with E-state index in [9.17, 15) is 0 Å². The molecule has 2 N–H and O–H groups in total. The Morgan fingerprint density at radius 3 is 2.63 bits per heavy atom. The third-order valence-corrected chi connectivity index (χ3v) is 4.44. The largest absolute Gasteiger partial charge is 0.457 e. The molecule has 0 aliphatic heterocycles. The molecule has 0 spiro atoms. The fraction of sp³-hybridized carbons (Fsp3) is 0.174. The summed E-state index contributed by atoms with van der Waals surface area (Å²) in [7, 11) is 0. The molecule has 2 aromatic heterocycles. The van der Waals surface area contributed by atoms with Gasteiger partial charge in [-0.15, -0.1) is 10.2 Å². The summed E-state index contributed by atoms with van der Waals surface area (Å²) >= 11 is 0. The fourth-order valence-corrected chi connectivity index (χ4v) is 3.02. The maximum Gasteiger partial charge on any atom is 0.191 e. The Balaban J connectivity index is 1.42. The summed E-state index contributed by atoms with van der Waals surface area (Å²) in [4.78, 5) is 4.69. The predicted octanol–water partition coefficient (Wildman–Crippen LogP) is 3.78. The van der Waals surface area contributed by atoms with Gasteiger partial charge in [0.2, 0.25) is 0 Å². The van der Waals surface area contributed by atoms with Crippen molar-refractivity contribution in [3.05, 3.63) is 90.4 Å². The van der Waals surface area contributed by atoms with Gasteiger partial charge in [0, 0.05) is 12.7 Å². The highest BCUT2D eigenvalue weighted by molar-refractivity contribution is 5.79. The minimum atomic E-state index is 0.522. The first-order valence-corrected chi connectivity index (χ1v) is 9.94. The predicted molar refractivity (Wildman–Crippen MR) is 118 cm³/mol. The number of aliphatic imine (C=N–C) groups is 1. The molecule has 0 fully saturated rings. The molecule has 7 nitrogen and oxygen atoms in total. The first kappa shape index (κ1) is 19.4. The van der Waals surface area contributed by atoms with Crippen LogP contribution in [0, 0.1) is 0 Å². The summed E-state index contributed by atoms with van der Waals surface area (Å²) < 4.78 is 7.87. The van der Waals surface area contributed by atoms with Crippen LogP contribution in [0.2, 0.25) is 0 Å². The van der Waals surface area contributed by atoms with E-state index < -0.39 is 0 Å². The summed E-state index contributed by atoms with van der Waals surface area (Å²) in [6.45, 7) is 3.86. The van der Waals surface area contributed by atoms with Crippen LogP contribution >= 0.6 is 0 Å². The Bertz CT molecular complexity index is 1120. The summed E-state index contributed by atoms with van der Waals surface area (Å²) in [5.41, 5.74) is 1.89. The standard InChI is InChI=1S/C23H24N6O/c1-2-24-23(26-17-22-28-27-21-13-6-7-14-29(21)22)25-16-18-9-8-12-20(15-18)30-19-10-4-3-5-11-19/h3-15H,2,16-17H2,1H3,(H2,24,25,26). The van der Waals surface area contributed by atoms with Crippen molar-refractivity contribution < 1.29 is 4.74 Å². The normalized spacial score (nSPS) is 11.4. The van der Waals surface area contributed by atoms with E-state index in [1.807, 2.05) is 90.3 Å². The molecule has 2 aromatic carbocycles. The molecular weight excluding hydrogens is 376 g/mol. The molecule has 152 valence electrons. The van der Waals surface area contributed by atoms with Gasteiger partial charge in [-0.25, -0.2) is 4.99 Å². The fourth-order valence-electron chi connectivity index (χ4n) is 3.02. The molecule has 30 heavy (non-hydrogen) atoms. The monoisotopic (exact) mass is 400 g/mol. The molecule has 0 amide bonds. The maximum absolute atomic E-state index is 5.91. The molecule has 4 rings (SSSR count). The lowest BCUT2D eigenvalue weighted by molar-refractivity contribution is 0.482. The average Bonchev–Trinajstić information content (AvgIpc) is 3.20. The van der Waals surface area contributed by atoms with E-state index in [4.69, 9.17) is 9.73 Å². The van der Waals surface area contributed by atoms with Crippen LogP contribution in [0.3, 0.4) is 0 Å². The van der Waals surface area contributed by atoms with E-state index in [2.05, 4.69) is 20.8 Å². The van der Waals surface area contributed by atoms with Crippen LogP contribution in [0.4, 0.5) is 0 Å². The Morgan fingerprint density at radius 2 is 1.77 bits per heavy atom. The van der Waals surface area contributed by atoms with Crippen LogP contribution < -0.4 is 15.4 Å². The van der Waals surface area contributed by atoms with Gasteiger partial charge in [-0.3, -0.25) is 4.40 Å². The summed E-state index contributed by atoms with van der Waals surface area (Å²) in [5, 5.41) is 15.0. The molecule has 7 heteroatoms. The zero-order chi connectivity index (χ0) is 20.6. The lowest BCUT2D eigenvalue weighted by Gasteiger charge is -2.11. The van der Waals surface area contributed by atoms with E-state index in [0.717, 1.165) is 41.0 Å². The SMILES string of the molecule is CCNC(=NCc1cccc(Oc2ccccc2)c1)NCc1nnc2ccccn12. The Labute approximate surface area is 175 Å². The number of ether oxygens (including phenoxy) is 1. The quantitative estimate of drug-likeness (QED) is 0.365. The molecule has 4 aromatic rings. The van der Waals surface area contributed by atoms with Gasteiger partial charge in [0.15, 0.2) is 17.4 Å². The van der Waals surface area contributed by atoms with Crippen molar-refractivity contribution in [2.24, 2.45) is 4.99 Å². The second kappa shape index (κ2) is 9.56. The van der Waals surface area contributed by atoms with Gasteiger partial charge in [0.1, 0.15) is 11.5 Å². The zero-order valence-corrected chi connectivity index (χ0v) is 16.8. The number of guanidine groups is 1. The highest BCUT2D eigenvalue weighted by Gasteiger charge is 2.06. The van der Waals surface area contributed by atoms with Crippen LogP contribution in [0.1, 0.15) is 18.3 Å². The average molecular weight is 400 g/mol. The number of hydrogen-bond acceptors (Lipinski definition) is 4. The number of nitrogens with one attached hydrogen (secondary N) is 2. The second-order valence-electron chi connectivity index (χ2n) is 6.66. The van der Waals surface area contributed by atoms with Crippen molar-refractivity contribution in [3.8, 4) is 11.5 Å². The van der Waals surface area contributed by atoms with Crippen molar-refractivity contribution in [1.82, 2.24) is 25.2 Å². The topological polar surface area (TPSA) is 75.8 Å². The van der Waals surface area contributed by atoms with Gasteiger partial charge in [0.05, 0.1) is 13.1 Å². The molecule has 0 atom stereocenters. The molecule has 0 aliphatic carbocycles. The first-order chi connectivity index (χ1) is 14.8. The number of nitrogens with zero attached hydrogens (tertiary/aromatic N) is 4. The lowest BCUT2D eigenvalue weighted by atomic mass is 10.2. The Morgan fingerprint density at radius 1 is 0.933 bits per heavy atom. The van der Waals surface area contributed by atoms with E-state index in [1.165, 1.54) is 0 Å². The highest BCUT2D eigenvalue weighted by Crippen LogP contribution is 2.22. The number of rotatable bonds is 7. The van der Waals surface area contributed by atoms with Gasteiger partial charge < -0.3 is 15.4 Å². The number of aromatic nitrogens is 3. The third-order valence-electron chi connectivity index (χ3n) is 4.44. The minimum absolute atomic E-state index is 0.522. The van der Waals surface area contributed by atoms with E-state index in [1.54, 1.807) is 0 Å². The summed E-state index contributed by atoms with van der Waals surface area (Å²) in [5.74, 6) is 3.16. The van der Waals surface area contributed by atoms with Crippen molar-refractivity contribution >= 4 is 11.6 Å². The van der Waals surface area contributed by atoms with Gasteiger partial charge in [-0.2, -0.15) is 0 Å². The van der Waals surface area contributed by atoms with Gasteiger partial charge in [-0.05, 0) is 48.9 Å². The smallest absolute Gasteiger partial charge is 0.191 e. The molecule has 0 radical (unpaired) electrons. The van der Waals surface area contributed by atoms with Crippen LogP contribution in [-0.2, 0) is 13.1 Å². The van der Waals surface area contributed by atoms with E-state index in [0.29, 0.717) is 13.1 Å². The number of para-hydroxylation sites is 1. The first-order valence-electron chi connectivity index (χ1n) is 9.94. The van der Waals surface area contributed by atoms with Crippen molar-refractivity contribution in [1.29, 1.82) is 0 Å². The van der Waals surface area contributed by atoms with Crippen molar-refractivity contribution in [2.45, 2.75) is 20.0 Å². The van der Waals surface area contributed by atoms with Crippen LogP contribution in [0.5, 0.6) is 11.5 Å². The van der Waals surface area contributed by atoms with E-state index in [-0.39, 0.29) is 0 Å². The number of benzene rings is 2. The molecule has 0 saturated heterocycles. The Kier molecular flexibility index (Phi) is 6.19. The van der Waals surface area contributed by atoms with Crippen LogP contribution in [0.15, 0.2) is 84.0 Å². The lowest BCUT2D eigenvalue weighted by Crippen LogP contribution is -2.37. The van der Waals surface area contributed by atoms with Gasteiger partial charge in [0.25, 0.3) is 0 Å². The number of hydrogen-bond donors (Lipinski definition) is 2. The van der Waals surface area contributed by atoms with Crippen LogP contribution in [0.25, 0.3) is 5.65 Å². The van der Waals surface area contributed by atoms with Gasteiger partial charge in [-0.1, -0.05) is 36.4 Å². The van der Waals surface area contributed by atoms with Crippen molar-refractivity contribution in [3.63, 3.8) is 0 Å². The number of pyridine rings is 1. The van der Waals surface area contributed by atoms with Crippen LogP contribution in [-0.4, -0.2) is 27.1 Å². The summed E-state index contributed by atoms with van der Waals surface area (Å²) in [6, 6.07) is 23.6. The van der Waals surface area contributed by atoms with E-state index >= 15 is 0 Å². The molecule has 0 saturated carbocycles. The molecule has 0 aliphatic rings. The second-order valence-corrected chi connectivity index (χ2v) is 6.66. The minimum Gasteiger partial charge on any atom is -0.457 e. The number of fused-ring (bicyclic) bond motifs is 1. The zero-order valence-electron chi connectivity index (χ0n) is 16.8. The molecule has 0 unspecified atom stereocenters. The molecule has 2 heterocycles. The summed E-state index contributed by atoms with van der Waals surface area (Å²) in [6.07, 6.45) is 1.95. The third kappa shape index (κ3) is 4.94. The Hall–Kier alpha value is -3.87. The maximum atomic E-state index is 5.91. The van der Waals surface area contributed by atoms with Gasteiger partial charge >= 0.3 is 0 Å².